The van der Waals surface area contributed by atoms with Crippen molar-refractivity contribution in [1.82, 2.24) is 0 Å². The van der Waals surface area contributed by atoms with Gasteiger partial charge < -0.3 is 5.32 Å². The van der Waals surface area contributed by atoms with Crippen molar-refractivity contribution < 1.29 is 22.0 Å². The standard InChI is InChI=1S/C10H10F5N/c1-6(9(11)12)16-8-4-2-7(3-5-8)10(13,14)15/h2-6,9,16H,1H3. The second-order valence-corrected chi connectivity index (χ2v) is 3.34. The van der Waals surface area contributed by atoms with Crippen molar-refractivity contribution in [1.29, 1.82) is 0 Å². The molecule has 0 heterocycles. The first-order chi connectivity index (χ1) is 7.30. The second-order valence-electron chi connectivity index (χ2n) is 3.34. The van der Waals surface area contributed by atoms with Crippen LogP contribution in [0, 0.1) is 0 Å². The predicted octanol–water partition coefficient (Wildman–Crippen LogP) is 3.77. The Bertz CT molecular complexity index is 330. The summed E-state index contributed by atoms with van der Waals surface area (Å²) in [6.45, 7) is 1.25. The third-order valence-corrected chi connectivity index (χ3v) is 1.98. The first-order valence-corrected chi connectivity index (χ1v) is 4.52. The first-order valence-electron chi connectivity index (χ1n) is 4.52. The minimum atomic E-state index is -4.41. The molecule has 0 spiro atoms. The van der Waals surface area contributed by atoms with E-state index in [-0.39, 0.29) is 5.69 Å². The van der Waals surface area contributed by atoms with E-state index in [1.165, 1.54) is 6.92 Å². The fourth-order valence-electron chi connectivity index (χ4n) is 1.08. The first kappa shape index (κ1) is 12.7. The van der Waals surface area contributed by atoms with Crippen LogP contribution in [0.1, 0.15) is 12.5 Å². The lowest BCUT2D eigenvalue weighted by atomic mass is 10.2. The van der Waals surface area contributed by atoms with Gasteiger partial charge in [0.2, 0.25) is 0 Å². The van der Waals surface area contributed by atoms with Gasteiger partial charge in [-0.2, -0.15) is 13.2 Å². The van der Waals surface area contributed by atoms with Crippen molar-refractivity contribution in [3.05, 3.63) is 29.8 Å². The Morgan fingerprint density at radius 2 is 1.56 bits per heavy atom. The minimum absolute atomic E-state index is 0.237. The maximum absolute atomic E-state index is 12.2. The molecule has 0 saturated heterocycles. The zero-order chi connectivity index (χ0) is 12.3. The summed E-state index contributed by atoms with van der Waals surface area (Å²) in [7, 11) is 0. The van der Waals surface area contributed by atoms with Crippen LogP contribution in [0.5, 0.6) is 0 Å². The van der Waals surface area contributed by atoms with E-state index >= 15 is 0 Å². The summed E-state index contributed by atoms with van der Waals surface area (Å²) >= 11 is 0. The average Bonchev–Trinajstić information content (AvgIpc) is 2.17. The Labute approximate surface area is 89.3 Å². The zero-order valence-electron chi connectivity index (χ0n) is 8.35. The average molecular weight is 239 g/mol. The quantitative estimate of drug-likeness (QED) is 0.791. The van der Waals surface area contributed by atoms with E-state index in [2.05, 4.69) is 5.32 Å². The molecule has 0 saturated carbocycles. The summed E-state index contributed by atoms with van der Waals surface area (Å²) < 4.78 is 60.8. The van der Waals surface area contributed by atoms with Crippen LogP contribution in [-0.4, -0.2) is 12.5 Å². The van der Waals surface area contributed by atoms with Crippen LogP contribution in [0.3, 0.4) is 0 Å². The molecular formula is C10H10F5N. The highest BCUT2D eigenvalue weighted by Gasteiger charge is 2.30. The molecule has 6 heteroatoms. The van der Waals surface area contributed by atoms with Gasteiger partial charge in [0, 0.05) is 5.69 Å². The topological polar surface area (TPSA) is 12.0 Å². The third kappa shape index (κ3) is 3.36. The van der Waals surface area contributed by atoms with Gasteiger partial charge in [-0.05, 0) is 31.2 Å². The van der Waals surface area contributed by atoms with E-state index in [4.69, 9.17) is 0 Å². The molecule has 0 aromatic heterocycles. The molecular weight excluding hydrogens is 229 g/mol. The number of rotatable bonds is 3. The molecule has 0 fully saturated rings. The van der Waals surface area contributed by atoms with Gasteiger partial charge in [0.05, 0.1) is 11.6 Å². The molecule has 1 aromatic rings. The van der Waals surface area contributed by atoms with Crippen LogP contribution in [0.4, 0.5) is 27.6 Å². The maximum atomic E-state index is 12.2. The van der Waals surface area contributed by atoms with E-state index < -0.39 is 24.2 Å². The Balaban J connectivity index is 2.72. The van der Waals surface area contributed by atoms with Crippen molar-refractivity contribution >= 4 is 5.69 Å². The van der Waals surface area contributed by atoms with Crippen LogP contribution < -0.4 is 5.32 Å². The molecule has 1 N–H and O–H groups in total. The molecule has 1 nitrogen and oxygen atoms in total. The van der Waals surface area contributed by atoms with Crippen LogP contribution in [0.25, 0.3) is 0 Å². The van der Waals surface area contributed by atoms with E-state index in [1.54, 1.807) is 0 Å². The van der Waals surface area contributed by atoms with Gasteiger partial charge in [-0.3, -0.25) is 0 Å². The van der Waals surface area contributed by atoms with Crippen molar-refractivity contribution in [2.75, 3.05) is 5.32 Å². The molecule has 0 amide bonds. The summed E-state index contributed by atoms with van der Waals surface area (Å²) in [6.07, 6.45) is -6.98. The summed E-state index contributed by atoms with van der Waals surface area (Å²) in [6, 6.07) is 2.85. The molecule has 16 heavy (non-hydrogen) atoms. The maximum Gasteiger partial charge on any atom is 0.416 e. The highest BCUT2D eigenvalue weighted by atomic mass is 19.4. The van der Waals surface area contributed by atoms with Crippen molar-refractivity contribution in [2.45, 2.75) is 25.6 Å². The van der Waals surface area contributed by atoms with Crippen LogP contribution in [0.2, 0.25) is 0 Å². The Morgan fingerprint density at radius 1 is 1.06 bits per heavy atom. The summed E-state index contributed by atoms with van der Waals surface area (Å²) in [5, 5.41) is 2.40. The molecule has 90 valence electrons. The smallest absolute Gasteiger partial charge is 0.377 e. The number of hydrogen-bond acceptors (Lipinski definition) is 1. The minimum Gasteiger partial charge on any atom is -0.377 e. The SMILES string of the molecule is CC(Nc1ccc(C(F)(F)F)cc1)C(F)F. The van der Waals surface area contributed by atoms with E-state index in [0.717, 1.165) is 24.3 Å². The molecule has 1 atom stereocenters. The van der Waals surface area contributed by atoms with Gasteiger partial charge >= 0.3 is 6.18 Å². The van der Waals surface area contributed by atoms with Gasteiger partial charge in [-0.15, -0.1) is 0 Å². The molecule has 0 radical (unpaired) electrons. The third-order valence-electron chi connectivity index (χ3n) is 1.98. The molecule has 1 rings (SSSR count). The Hall–Kier alpha value is -1.33. The lowest BCUT2D eigenvalue weighted by molar-refractivity contribution is -0.137. The Morgan fingerprint density at radius 3 is 1.94 bits per heavy atom. The Kier molecular flexibility index (Phi) is 3.72. The second kappa shape index (κ2) is 4.67. The molecule has 0 bridgehead atoms. The highest BCUT2D eigenvalue weighted by molar-refractivity contribution is 5.45. The van der Waals surface area contributed by atoms with Gasteiger partial charge in [0.25, 0.3) is 6.43 Å². The lowest BCUT2D eigenvalue weighted by Gasteiger charge is -2.14. The number of hydrogen-bond donors (Lipinski definition) is 1. The number of anilines is 1. The summed E-state index contributed by atoms with van der Waals surface area (Å²) in [5.74, 6) is 0. The van der Waals surface area contributed by atoms with Crippen molar-refractivity contribution in [2.24, 2.45) is 0 Å². The monoisotopic (exact) mass is 239 g/mol. The van der Waals surface area contributed by atoms with Crippen molar-refractivity contribution in [3.8, 4) is 0 Å². The number of halogens is 5. The number of nitrogens with one attached hydrogen (secondary N) is 1. The highest BCUT2D eigenvalue weighted by Crippen LogP contribution is 2.29. The van der Waals surface area contributed by atoms with Gasteiger partial charge in [-0.25, -0.2) is 8.78 Å². The number of benzene rings is 1. The van der Waals surface area contributed by atoms with E-state index in [0.29, 0.717) is 0 Å². The fourth-order valence-corrected chi connectivity index (χ4v) is 1.08. The normalized spacial score (nSPS) is 13.9. The number of alkyl halides is 5. The van der Waals surface area contributed by atoms with Crippen molar-refractivity contribution in [3.63, 3.8) is 0 Å². The molecule has 1 aromatic carbocycles. The van der Waals surface area contributed by atoms with Crippen LogP contribution in [0.15, 0.2) is 24.3 Å². The molecule has 0 aliphatic carbocycles. The van der Waals surface area contributed by atoms with Gasteiger partial charge in [-0.1, -0.05) is 0 Å². The van der Waals surface area contributed by atoms with E-state index in [1.807, 2.05) is 0 Å². The molecule has 0 aliphatic heterocycles. The predicted molar refractivity (Wildman–Crippen MR) is 50.5 cm³/mol. The summed E-state index contributed by atoms with van der Waals surface area (Å²) in [4.78, 5) is 0. The van der Waals surface area contributed by atoms with Crippen LogP contribution in [-0.2, 0) is 6.18 Å². The molecule has 1 unspecified atom stereocenters. The van der Waals surface area contributed by atoms with E-state index in [9.17, 15) is 22.0 Å². The van der Waals surface area contributed by atoms with Gasteiger partial charge in [0.15, 0.2) is 0 Å². The summed E-state index contributed by atoms with van der Waals surface area (Å²) in [5.41, 5.74) is -0.566. The van der Waals surface area contributed by atoms with Crippen LogP contribution >= 0.6 is 0 Å². The zero-order valence-corrected chi connectivity index (χ0v) is 8.35. The lowest BCUT2D eigenvalue weighted by Crippen LogP contribution is -2.23. The fraction of sp³-hybridized carbons (Fsp3) is 0.400. The largest absolute Gasteiger partial charge is 0.416 e. The van der Waals surface area contributed by atoms with Gasteiger partial charge in [0.1, 0.15) is 0 Å². The molecule has 0 aliphatic rings.